The smallest absolute Gasteiger partial charge is 0.123 e. The van der Waals surface area contributed by atoms with E-state index in [9.17, 15) is 4.39 Å². The van der Waals surface area contributed by atoms with Crippen LogP contribution in [0.15, 0.2) is 60.8 Å². The Labute approximate surface area is 123 Å². The largest absolute Gasteiger partial charge is 0.305 e. The van der Waals surface area contributed by atoms with Gasteiger partial charge in [-0.2, -0.15) is 0 Å². The van der Waals surface area contributed by atoms with E-state index in [1.807, 2.05) is 31.2 Å². The average Bonchev–Trinajstić information content (AvgIpc) is 2.52. The quantitative estimate of drug-likeness (QED) is 0.779. The molecule has 0 spiro atoms. The van der Waals surface area contributed by atoms with Crippen molar-refractivity contribution >= 4 is 10.8 Å². The number of fused-ring (bicyclic) bond motifs is 1. The molecular formula is C18H17FN2. The Balaban J connectivity index is 2.16. The summed E-state index contributed by atoms with van der Waals surface area (Å²) in [6, 6.07) is 16.7. The summed E-state index contributed by atoms with van der Waals surface area (Å²) < 4.78 is 13.5. The van der Waals surface area contributed by atoms with Crippen LogP contribution in [0, 0.1) is 5.82 Å². The number of hydrogen-bond acceptors (Lipinski definition) is 2. The summed E-state index contributed by atoms with van der Waals surface area (Å²) >= 11 is 0. The molecule has 106 valence electrons. The highest BCUT2D eigenvalue weighted by atomic mass is 19.1. The maximum atomic E-state index is 13.5. The number of pyridine rings is 1. The first-order valence-electron chi connectivity index (χ1n) is 7.12. The van der Waals surface area contributed by atoms with Crippen LogP contribution in [0.25, 0.3) is 10.8 Å². The van der Waals surface area contributed by atoms with Crippen molar-refractivity contribution in [3.63, 3.8) is 0 Å². The minimum Gasteiger partial charge on any atom is -0.305 e. The number of rotatable bonds is 4. The van der Waals surface area contributed by atoms with Crippen molar-refractivity contribution in [3.05, 3.63) is 77.9 Å². The van der Waals surface area contributed by atoms with E-state index in [1.165, 1.54) is 6.07 Å². The summed E-state index contributed by atoms with van der Waals surface area (Å²) in [4.78, 5) is 4.55. The predicted molar refractivity (Wildman–Crippen MR) is 83.7 cm³/mol. The molecule has 0 saturated heterocycles. The Bertz CT molecular complexity index is 750. The Hall–Kier alpha value is -2.26. The van der Waals surface area contributed by atoms with Crippen LogP contribution in [-0.2, 0) is 0 Å². The number of nitrogens with one attached hydrogen (secondary N) is 1. The van der Waals surface area contributed by atoms with Gasteiger partial charge in [-0.15, -0.1) is 0 Å². The van der Waals surface area contributed by atoms with Gasteiger partial charge in [0.25, 0.3) is 0 Å². The summed E-state index contributed by atoms with van der Waals surface area (Å²) in [5, 5.41) is 5.64. The van der Waals surface area contributed by atoms with Crippen molar-refractivity contribution in [2.24, 2.45) is 0 Å². The molecule has 1 N–H and O–H groups in total. The summed E-state index contributed by atoms with van der Waals surface area (Å²) in [5.41, 5.74) is 1.82. The highest BCUT2D eigenvalue weighted by Gasteiger charge is 2.17. The molecule has 2 nitrogen and oxygen atoms in total. The molecule has 0 aliphatic heterocycles. The van der Waals surface area contributed by atoms with E-state index in [-0.39, 0.29) is 11.9 Å². The molecule has 3 aromatic rings. The highest BCUT2D eigenvalue weighted by Crippen LogP contribution is 2.27. The van der Waals surface area contributed by atoms with Crippen molar-refractivity contribution in [2.45, 2.75) is 13.0 Å². The van der Waals surface area contributed by atoms with Crippen molar-refractivity contribution in [3.8, 4) is 0 Å². The van der Waals surface area contributed by atoms with Gasteiger partial charge in [-0.25, -0.2) is 4.39 Å². The molecule has 1 unspecified atom stereocenters. The number of nitrogens with zero attached hydrogens (tertiary/aromatic N) is 1. The molecule has 0 bridgehead atoms. The van der Waals surface area contributed by atoms with Crippen LogP contribution in [-0.4, -0.2) is 11.5 Å². The van der Waals surface area contributed by atoms with E-state index in [0.717, 1.165) is 28.6 Å². The van der Waals surface area contributed by atoms with E-state index in [4.69, 9.17) is 0 Å². The van der Waals surface area contributed by atoms with Gasteiger partial charge in [0.05, 0.1) is 11.7 Å². The first-order chi connectivity index (χ1) is 10.3. The molecule has 1 heterocycles. The molecular weight excluding hydrogens is 263 g/mol. The Morgan fingerprint density at radius 1 is 1.10 bits per heavy atom. The Morgan fingerprint density at radius 2 is 1.95 bits per heavy atom. The van der Waals surface area contributed by atoms with Crippen LogP contribution >= 0.6 is 0 Å². The first kappa shape index (κ1) is 13.7. The van der Waals surface area contributed by atoms with Gasteiger partial charge in [0.2, 0.25) is 0 Å². The van der Waals surface area contributed by atoms with Crippen molar-refractivity contribution in [2.75, 3.05) is 6.54 Å². The Kier molecular flexibility index (Phi) is 3.93. The molecule has 0 saturated carbocycles. The number of hydrogen-bond donors (Lipinski definition) is 1. The number of benzene rings is 2. The minimum absolute atomic E-state index is 0.114. The molecule has 2 aromatic carbocycles. The molecule has 0 aliphatic carbocycles. The fraction of sp³-hybridized carbons (Fsp3) is 0.167. The number of halogens is 1. The standard InChI is InChI=1S/C18H17FN2/c1-2-20-17(14-7-5-8-15(19)12-14)18-16-9-4-3-6-13(16)10-11-21-18/h3-12,17,20H,2H2,1H3. The fourth-order valence-corrected chi connectivity index (χ4v) is 2.64. The average molecular weight is 280 g/mol. The third-order valence-corrected chi connectivity index (χ3v) is 3.57. The molecule has 1 atom stereocenters. The van der Waals surface area contributed by atoms with Gasteiger partial charge in [0.1, 0.15) is 5.82 Å². The van der Waals surface area contributed by atoms with Gasteiger partial charge < -0.3 is 5.32 Å². The second-order valence-corrected chi connectivity index (χ2v) is 4.96. The molecule has 21 heavy (non-hydrogen) atoms. The van der Waals surface area contributed by atoms with Gasteiger partial charge in [-0.3, -0.25) is 4.98 Å². The third kappa shape index (κ3) is 2.78. The zero-order chi connectivity index (χ0) is 14.7. The third-order valence-electron chi connectivity index (χ3n) is 3.57. The van der Waals surface area contributed by atoms with Crippen molar-refractivity contribution in [1.82, 2.24) is 10.3 Å². The van der Waals surface area contributed by atoms with Crippen LogP contribution in [0.5, 0.6) is 0 Å². The van der Waals surface area contributed by atoms with Gasteiger partial charge in [-0.05, 0) is 35.7 Å². The molecule has 0 amide bonds. The fourth-order valence-electron chi connectivity index (χ4n) is 2.64. The summed E-state index contributed by atoms with van der Waals surface area (Å²) in [7, 11) is 0. The van der Waals surface area contributed by atoms with Crippen LogP contribution in [0.3, 0.4) is 0 Å². The van der Waals surface area contributed by atoms with Gasteiger partial charge in [0, 0.05) is 11.6 Å². The lowest BCUT2D eigenvalue weighted by atomic mass is 9.98. The van der Waals surface area contributed by atoms with E-state index in [1.54, 1.807) is 18.3 Å². The summed E-state index contributed by atoms with van der Waals surface area (Å²) in [5.74, 6) is -0.226. The van der Waals surface area contributed by atoms with Crippen LogP contribution < -0.4 is 5.32 Å². The van der Waals surface area contributed by atoms with Crippen molar-refractivity contribution < 1.29 is 4.39 Å². The SMILES string of the molecule is CCNC(c1cccc(F)c1)c1nccc2ccccc12. The lowest BCUT2D eigenvalue weighted by molar-refractivity contribution is 0.598. The predicted octanol–water partition coefficient (Wildman–Crippen LogP) is 4.07. The maximum Gasteiger partial charge on any atom is 0.123 e. The van der Waals surface area contributed by atoms with Crippen LogP contribution in [0.1, 0.15) is 24.2 Å². The first-order valence-corrected chi connectivity index (χ1v) is 7.12. The van der Waals surface area contributed by atoms with Gasteiger partial charge >= 0.3 is 0 Å². The zero-order valence-corrected chi connectivity index (χ0v) is 11.9. The second-order valence-electron chi connectivity index (χ2n) is 4.96. The van der Waals surface area contributed by atoms with Gasteiger partial charge in [0.15, 0.2) is 0 Å². The van der Waals surface area contributed by atoms with E-state index < -0.39 is 0 Å². The Morgan fingerprint density at radius 3 is 2.76 bits per heavy atom. The molecule has 0 aliphatic rings. The normalized spacial score (nSPS) is 12.5. The monoisotopic (exact) mass is 280 g/mol. The lowest BCUT2D eigenvalue weighted by Gasteiger charge is -2.19. The maximum absolute atomic E-state index is 13.5. The van der Waals surface area contributed by atoms with Gasteiger partial charge in [-0.1, -0.05) is 43.3 Å². The zero-order valence-electron chi connectivity index (χ0n) is 11.9. The molecule has 0 radical (unpaired) electrons. The lowest BCUT2D eigenvalue weighted by Crippen LogP contribution is -2.23. The topological polar surface area (TPSA) is 24.9 Å². The molecule has 3 rings (SSSR count). The number of aromatic nitrogens is 1. The van der Waals surface area contributed by atoms with Crippen molar-refractivity contribution in [1.29, 1.82) is 0 Å². The van der Waals surface area contributed by atoms with Crippen LogP contribution in [0.4, 0.5) is 4.39 Å². The van der Waals surface area contributed by atoms with E-state index in [2.05, 4.69) is 22.4 Å². The highest BCUT2D eigenvalue weighted by molar-refractivity contribution is 5.85. The summed E-state index contributed by atoms with van der Waals surface area (Å²) in [6.07, 6.45) is 1.81. The second kappa shape index (κ2) is 6.02. The van der Waals surface area contributed by atoms with E-state index in [0.29, 0.717) is 0 Å². The molecule has 1 aromatic heterocycles. The molecule has 3 heteroatoms. The van der Waals surface area contributed by atoms with E-state index >= 15 is 0 Å². The van der Waals surface area contributed by atoms with Crippen LogP contribution in [0.2, 0.25) is 0 Å². The minimum atomic E-state index is -0.226. The molecule has 0 fully saturated rings. The summed E-state index contributed by atoms with van der Waals surface area (Å²) in [6.45, 7) is 2.82.